The van der Waals surface area contributed by atoms with E-state index in [4.69, 9.17) is 28.4 Å². The first-order valence-corrected chi connectivity index (χ1v) is 21.3. The summed E-state index contributed by atoms with van der Waals surface area (Å²) < 4.78 is 38.4. The van der Waals surface area contributed by atoms with Gasteiger partial charge in [-0.15, -0.1) is 0 Å². The molecule has 2 N–H and O–H groups in total. The molecule has 0 aromatic heterocycles. The number of ketones is 2. The summed E-state index contributed by atoms with van der Waals surface area (Å²) in [6.07, 6.45) is -1.98. The lowest BCUT2D eigenvalue weighted by atomic mass is 9.78. The van der Waals surface area contributed by atoms with Gasteiger partial charge in [-0.05, 0) is 92.4 Å². The van der Waals surface area contributed by atoms with E-state index in [1.165, 1.54) is 28.4 Å². The van der Waals surface area contributed by atoms with E-state index in [-0.39, 0.29) is 83.2 Å². The van der Waals surface area contributed by atoms with Gasteiger partial charge in [0.1, 0.15) is 35.2 Å². The molecule has 0 saturated heterocycles. The maximum atomic E-state index is 15.7. The highest BCUT2D eigenvalue weighted by Gasteiger charge is 2.38. The Bertz CT molecular complexity index is 2000. The maximum Gasteiger partial charge on any atom is 0.200 e. The summed E-state index contributed by atoms with van der Waals surface area (Å²) in [7, 11) is 6.07. The summed E-state index contributed by atoms with van der Waals surface area (Å²) in [5.74, 6) is 0.300. The van der Waals surface area contributed by atoms with Crippen LogP contribution in [-0.4, -0.2) is 76.6 Å². The van der Waals surface area contributed by atoms with Crippen LogP contribution in [0, 0.1) is 0 Å². The summed E-state index contributed by atoms with van der Waals surface area (Å²) in [5.41, 5.74) is 4.52. The van der Waals surface area contributed by atoms with E-state index >= 15 is 9.59 Å². The first kappa shape index (κ1) is 48.3. The van der Waals surface area contributed by atoms with Crippen LogP contribution in [0.4, 0.5) is 0 Å². The van der Waals surface area contributed by atoms with Gasteiger partial charge in [-0.1, -0.05) is 83.1 Å². The number of benzene rings is 4. The zero-order valence-corrected chi connectivity index (χ0v) is 39.8. The predicted octanol–water partition coefficient (Wildman–Crippen LogP) is 9.88. The van der Waals surface area contributed by atoms with Gasteiger partial charge in [-0.25, -0.2) is 0 Å². The highest BCUT2D eigenvalue weighted by molar-refractivity contribution is 6.14. The van der Waals surface area contributed by atoms with Crippen molar-refractivity contribution in [3.8, 4) is 23.0 Å². The first-order valence-electron chi connectivity index (χ1n) is 21.3. The lowest BCUT2D eigenvalue weighted by Gasteiger charge is -2.32. The molecular formula is C52H68O10. The number of methoxy groups -OCH3 is 4. The molecule has 0 amide bonds. The number of carbonyl (C=O) groups is 2. The SMILES string of the molecule is COc1c2cc(C(C)(C)C)cc1C(OCCO)c1cc(C(C)(C)C)cc(c1OC)C(=O)c1cc(C(C)(C)C)cc(c1OC)C(OCCO)c1cc(C(C)(C)C)cc(c1OC)C2=O. The molecule has 0 radical (unpaired) electrons. The Morgan fingerprint density at radius 1 is 0.403 bits per heavy atom. The Balaban J connectivity index is 2.18. The van der Waals surface area contributed by atoms with Crippen LogP contribution in [0.2, 0.25) is 0 Å². The molecule has 0 spiro atoms. The van der Waals surface area contributed by atoms with Gasteiger partial charge in [0.05, 0.1) is 77.1 Å². The standard InChI is InChI=1S/C52H68O10/c1-49(2,3)29-21-33-41(55)34-22-30(50(4,5)6)27-39(44(34)58-14)48(62-20-18-54)40-28-32(52(10,11)12)24-36(46(40)60-16)42(56)35-23-31(51(7,8)9)26-38(45(35)59-15)47(61-19-17-53)37(25-29)43(33)57-13/h21-28,47-48,53-54H,17-20H2,1-16H3. The van der Waals surface area contributed by atoms with Crippen LogP contribution in [0.5, 0.6) is 23.0 Å². The number of ether oxygens (including phenoxy) is 6. The van der Waals surface area contributed by atoms with Crippen LogP contribution in [-0.2, 0) is 31.1 Å². The van der Waals surface area contributed by atoms with E-state index in [1.54, 1.807) is 0 Å². The van der Waals surface area contributed by atoms with E-state index in [9.17, 15) is 10.2 Å². The van der Waals surface area contributed by atoms with Gasteiger partial charge in [0.2, 0.25) is 11.6 Å². The van der Waals surface area contributed by atoms with Crippen molar-refractivity contribution in [1.82, 2.24) is 0 Å². The fraction of sp³-hybridized carbons (Fsp3) is 0.500. The molecular weight excluding hydrogens is 785 g/mol. The van der Waals surface area contributed by atoms with Crippen LogP contribution in [0.1, 0.15) is 172 Å². The van der Waals surface area contributed by atoms with Crippen molar-refractivity contribution in [2.24, 2.45) is 0 Å². The number of hydrogen-bond donors (Lipinski definition) is 2. The Labute approximate surface area is 368 Å². The Hall–Kier alpha value is -4.74. The second kappa shape index (κ2) is 18.2. The molecule has 10 heteroatoms. The molecule has 0 saturated carbocycles. The van der Waals surface area contributed by atoms with E-state index in [1.807, 2.05) is 48.5 Å². The number of hydrogen-bond acceptors (Lipinski definition) is 10. The molecule has 1 aliphatic rings. The number of aliphatic hydroxyl groups excluding tert-OH is 2. The van der Waals surface area contributed by atoms with E-state index in [0.29, 0.717) is 22.3 Å². The second-order valence-electron chi connectivity index (χ2n) is 20.2. The molecule has 8 bridgehead atoms. The highest BCUT2D eigenvalue weighted by atomic mass is 16.5. The minimum Gasteiger partial charge on any atom is -0.496 e. The van der Waals surface area contributed by atoms with Crippen molar-refractivity contribution in [2.75, 3.05) is 54.9 Å². The van der Waals surface area contributed by atoms with Crippen molar-refractivity contribution < 1.29 is 48.2 Å². The van der Waals surface area contributed by atoms with Gasteiger partial charge in [0, 0.05) is 22.3 Å². The third kappa shape index (κ3) is 9.44. The monoisotopic (exact) mass is 852 g/mol. The second-order valence-corrected chi connectivity index (χ2v) is 20.2. The zero-order valence-electron chi connectivity index (χ0n) is 39.8. The molecule has 4 aromatic carbocycles. The van der Waals surface area contributed by atoms with Crippen LogP contribution >= 0.6 is 0 Å². The maximum absolute atomic E-state index is 15.7. The van der Waals surface area contributed by atoms with E-state index in [0.717, 1.165) is 22.3 Å². The first-order chi connectivity index (χ1) is 28.9. The molecule has 0 aliphatic heterocycles. The van der Waals surface area contributed by atoms with E-state index < -0.39 is 33.9 Å². The zero-order chi connectivity index (χ0) is 46.3. The average Bonchev–Trinajstić information content (AvgIpc) is 3.20. The fourth-order valence-corrected chi connectivity index (χ4v) is 8.03. The fourth-order valence-electron chi connectivity index (χ4n) is 8.03. The molecule has 0 unspecified atom stereocenters. The summed E-state index contributed by atoms with van der Waals surface area (Å²) in [4.78, 5) is 31.4. The Kier molecular flexibility index (Phi) is 14.1. The summed E-state index contributed by atoms with van der Waals surface area (Å²) in [5, 5.41) is 20.5. The van der Waals surface area contributed by atoms with Crippen molar-refractivity contribution >= 4 is 11.6 Å². The van der Waals surface area contributed by atoms with Gasteiger partial charge in [0.15, 0.2) is 0 Å². The minimum atomic E-state index is -0.990. The number of carbonyl (C=O) groups excluding carboxylic acids is 2. The van der Waals surface area contributed by atoms with Crippen molar-refractivity contribution in [3.63, 3.8) is 0 Å². The quantitative estimate of drug-likeness (QED) is 0.159. The number of rotatable bonds is 10. The van der Waals surface area contributed by atoms with Gasteiger partial charge in [0.25, 0.3) is 0 Å². The lowest BCUT2D eigenvalue weighted by Crippen LogP contribution is -2.23. The highest BCUT2D eigenvalue weighted by Crippen LogP contribution is 2.49. The van der Waals surface area contributed by atoms with Crippen LogP contribution in [0.25, 0.3) is 0 Å². The van der Waals surface area contributed by atoms with Crippen LogP contribution < -0.4 is 18.9 Å². The normalized spacial score (nSPS) is 16.0. The molecule has 62 heavy (non-hydrogen) atoms. The molecule has 336 valence electrons. The molecule has 10 nitrogen and oxygen atoms in total. The summed E-state index contributed by atoms with van der Waals surface area (Å²) >= 11 is 0. The van der Waals surface area contributed by atoms with Crippen LogP contribution in [0.3, 0.4) is 0 Å². The van der Waals surface area contributed by atoms with Gasteiger partial charge in [-0.2, -0.15) is 0 Å². The van der Waals surface area contributed by atoms with Crippen LogP contribution in [0.15, 0.2) is 48.5 Å². The van der Waals surface area contributed by atoms with E-state index in [2.05, 4.69) is 83.1 Å². The topological polar surface area (TPSA) is 130 Å². The lowest BCUT2D eigenvalue weighted by molar-refractivity contribution is 0.0471. The predicted molar refractivity (Wildman–Crippen MR) is 243 cm³/mol. The third-order valence-electron chi connectivity index (χ3n) is 11.6. The van der Waals surface area contributed by atoms with Crippen molar-refractivity contribution in [2.45, 2.75) is 117 Å². The van der Waals surface area contributed by atoms with Crippen molar-refractivity contribution in [1.29, 1.82) is 0 Å². The van der Waals surface area contributed by atoms with Crippen molar-refractivity contribution in [3.05, 3.63) is 115 Å². The summed E-state index contributed by atoms with van der Waals surface area (Å²) in [6.45, 7) is 24.0. The molecule has 0 heterocycles. The minimum absolute atomic E-state index is 0.0755. The molecule has 5 rings (SSSR count). The largest absolute Gasteiger partial charge is 0.496 e. The molecule has 1 aliphatic carbocycles. The molecule has 0 fully saturated rings. The average molecular weight is 853 g/mol. The Morgan fingerprint density at radius 2 is 0.613 bits per heavy atom. The van der Waals surface area contributed by atoms with Gasteiger partial charge >= 0.3 is 0 Å². The third-order valence-corrected chi connectivity index (χ3v) is 11.6. The molecule has 0 atom stereocenters. The summed E-state index contributed by atoms with van der Waals surface area (Å²) in [6, 6.07) is 15.3. The number of aliphatic hydroxyl groups is 2. The Morgan fingerprint density at radius 3 is 0.774 bits per heavy atom. The number of fused-ring (bicyclic) bond motifs is 8. The smallest absolute Gasteiger partial charge is 0.200 e. The van der Waals surface area contributed by atoms with Gasteiger partial charge in [-0.3, -0.25) is 9.59 Å². The van der Waals surface area contributed by atoms with Gasteiger partial charge < -0.3 is 38.6 Å². The molecule has 4 aromatic rings.